The fourth-order valence-electron chi connectivity index (χ4n) is 3.48. The van der Waals surface area contributed by atoms with E-state index < -0.39 is 0 Å². The molecule has 0 saturated carbocycles. The predicted molar refractivity (Wildman–Crippen MR) is 78.7 cm³/mol. The number of likely N-dealkylation sites (tertiary alicyclic amines) is 1. The average molecular weight is 292 g/mol. The summed E-state index contributed by atoms with van der Waals surface area (Å²) >= 11 is 0. The lowest BCUT2D eigenvalue weighted by Gasteiger charge is -2.41. The van der Waals surface area contributed by atoms with Gasteiger partial charge in [0.1, 0.15) is 0 Å². The van der Waals surface area contributed by atoms with Crippen LogP contribution in [0.2, 0.25) is 0 Å². The fourth-order valence-corrected chi connectivity index (χ4v) is 3.48. The van der Waals surface area contributed by atoms with Crippen molar-refractivity contribution < 1.29 is 22.0 Å². The van der Waals surface area contributed by atoms with Gasteiger partial charge in [-0.05, 0) is 44.9 Å². The quantitative estimate of drug-likeness (QED) is 0.465. The van der Waals surface area contributed by atoms with Crippen molar-refractivity contribution in [1.29, 1.82) is 0 Å². The summed E-state index contributed by atoms with van der Waals surface area (Å²) in [5, 5.41) is 8.73. The fraction of sp³-hybridized carbons (Fsp3) is 1.00. The van der Waals surface area contributed by atoms with Crippen LogP contribution in [0, 0.1) is 0 Å². The molecule has 0 atom stereocenters. The summed E-state index contributed by atoms with van der Waals surface area (Å²) in [6.45, 7) is 8.43. The van der Waals surface area contributed by atoms with Crippen LogP contribution in [0.4, 0.5) is 0 Å². The third kappa shape index (κ3) is 8.16. The Kier molecular flexibility index (Phi) is 12.1. The number of piperidine rings is 1. The van der Waals surface area contributed by atoms with Crippen molar-refractivity contribution in [1.82, 2.24) is 0 Å². The minimum absolute atomic E-state index is 0. The Morgan fingerprint density at radius 3 is 1.95 bits per heavy atom. The molecule has 0 radical (unpaired) electrons. The second-order valence-corrected chi connectivity index (χ2v) is 6.14. The van der Waals surface area contributed by atoms with Crippen molar-refractivity contribution in [2.45, 2.75) is 71.1 Å². The largest absolute Gasteiger partial charge is 1.00 e. The highest BCUT2D eigenvalue weighted by Gasteiger charge is 2.27. The third-order valence-corrected chi connectivity index (χ3v) is 4.50. The summed E-state index contributed by atoms with van der Waals surface area (Å²) in [6, 6.07) is 0. The molecule has 0 aromatic rings. The van der Waals surface area contributed by atoms with Gasteiger partial charge < -0.3 is 22.0 Å². The van der Waals surface area contributed by atoms with Crippen molar-refractivity contribution in [3.05, 3.63) is 0 Å². The van der Waals surface area contributed by atoms with Gasteiger partial charge in [-0.2, -0.15) is 0 Å². The van der Waals surface area contributed by atoms with Gasteiger partial charge in [0, 0.05) is 6.61 Å². The van der Waals surface area contributed by atoms with Gasteiger partial charge in [-0.15, -0.1) is 0 Å². The number of unbranched alkanes of at least 4 members (excludes halogenated alkanes) is 5. The third-order valence-electron chi connectivity index (χ3n) is 4.50. The first-order valence-electron chi connectivity index (χ1n) is 8.29. The van der Waals surface area contributed by atoms with E-state index in [1.807, 2.05) is 0 Å². The Hall–Kier alpha value is 0.210. The molecule has 3 heteroatoms. The first kappa shape index (κ1) is 19.2. The zero-order valence-electron chi connectivity index (χ0n) is 12.9. The molecule has 1 fully saturated rings. The van der Waals surface area contributed by atoms with Crippen molar-refractivity contribution in [3.8, 4) is 0 Å². The minimum Gasteiger partial charge on any atom is -1.00 e. The molecule has 1 rings (SSSR count). The van der Waals surface area contributed by atoms with Gasteiger partial charge in [0.25, 0.3) is 0 Å². The molecule has 1 heterocycles. The highest BCUT2D eigenvalue weighted by Crippen LogP contribution is 2.21. The Morgan fingerprint density at radius 1 is 0.789 bits per heavy atom. The maximum Gasteiger partial charge on any atom is 0.0786 e. The maximum atomic E-state index is 8.73. The first-order chi connectivity index (χ1) is 8.83. The van der Waals surface area contributed by atoms with Crippen LogP contribution in [0.25, 0.3) is 0 Å². The molecule has 0 aliphatic carbocycles. The molecule has 1 saturated heterocycles. The van der Waals surface area contributed by atoms with Gasteiger partial charge in [-0.3, -0.25) is 0 Å². The van der Waals surface area contributed by atoms with Gasteiger partial charge in [0.2, 0.25) is 0 Å². The molecule has 1 aliphatic heterocycles. The van der Waals surface area contributed by atoms with Gasteiger partial charge >= 0.3 is 0 Å². The van der Waals surface area contributed by atoms with E-state index in [9.17, 15) is 0 Å². The zero-order chi connectivity index (χ0) is 13.1. The van der Waals surface area contributed by atoms with Gasteiger partial charge in [0.15, 0.2) is 0 Å². The minimum atomic E-state index is 0. The molecular weight excluding hydrogens is 258 g/mol. The number of quaternary nitrogens is 1. The summed E-state index contributed by atoms with van der Waals surface area (Å²) in [4.78, 5) is 0. The number of hydrogen-bond acceptors (Lipinski definition) is 1. The van der Waals surface area contributed by atoms with Gasteiger partial charge in [-0.1, -0.05) is 26.2 Å². The molecule has 1 aliphatic rings. The Bertz CT molecular complexity index is 188. The Labute approximate surface area is 126 Å². The number of rotatable bonds is 10. The van der Waals surface area contributed by atoms with E-state index in [0.717, 1.165) is 6.42 Å². The Balaban J connectivity index is 0.00000324. The smallest absolute Gasteiger partial charge is 0.0786 e. The maximum absolute atomic E-state index is 8.73. The standard InChI is InChI=1S/C16H34NO.ClH/c1-2-12-17(14-9-7-10-15-17)13-8-5-3-4-6-11-16-18;/h18H,2-16H2,1H3;1H/q+1;/p-1. The highest BCUT2D eigenvalue weighted by atomic mass is 35.5. The van der Waals surface area contributed by atoms with Crippen LogP contribution in [0.3, 0.4) is 0 Å². The van der Waals surface area contributed by atoms with Crippen LogP contribution in [0.15, 0.2) is 0 Å². The summed E-state index contributed by atoms with van der Waals surface area (Å²) in [5.74, 6) is 0. The van der Waals surface area contributed by atoms with E-state index in [0.29, 0.717) is 6.61 Å². The van der Waals surface area contributed by atoms with Crippen LogP contribution in [-0.4, -0.2) is 42.4 Å². The first-order valence-corrected chi connectivity index (χ1v) is 8.29. The normalized spacial score (nSPS) is 18.0. The SMILES string of the molecule is CCC[N+]1(CCCCCCCCO)CCCCC1.[Cl-]. The van der Waals surface area contributed by atoms with Gasteiger partial charge in [-0.25, -0.2) is 0 Å². The van der Waals surface area contributed by atoms with E-state index in [-0.39, 0.29) is 12.4 Å². The van der Waals surface area contributed by atoms with E-state index in [1.165, 1.54) is 88.4 Å². The van der Waals surface area contributed by atoms with Crippen molar-refractivity contribution in [2.24, 2.45) is 0 Å². The molecule has 116 valence electrons. The second kappa shape index (κ2) is 12.0. The van der Waals surface area contributed by atoms with Crippen molar-refractivity contribution in [2.75, 3.05) is 32.8 Å². The topological polar surface area (TPSA) is 20.2 Å². The number of halogens is 1. The molecule has 0 aromatic carbocycles. The molecular formula is C16H34ClNO. The van der Waals surface area contributed by atoms with E-state index in [1.54, 1.807) is 0 Å². The van der Waals surface area contributed by atoms with E-state index in [2.05, 4.69) is 6.92 Å². The molecule has 19 heavy (non-hydrogen) atoms. The number of aliphatic hydroxyl groups excluding tert-OH is 1. The number of nitrogens with zero attached hydrogens (tertiary/aromatic N) is 1. The molecule has 0 aromatic heterocycles. The van der Waals surface area contributed by atoms with Gasteiger partial charge in [0.05, 0.1) is 26.2 Å². The summed E-state index contributed by atoms with van der Waals surface area (Å²) < 4.78 is 1.42. The molecule has 1 N–H and O–H groups in total. The van der Waals surface area contributed by atoms with Crippen LogP contribution >= 0.6 is 0 Å². The van der Waals surface area contributed by atoms with Crippen molar-refractivity contribution in [3.63, 3.8) is 0 Å². The molecule has 0 spiro atoms. The zero-order valence-corrected chi connectivity index (χ0v) is 13.6. The van der Waals surface area contributed by atoms with Crippen LogP contribution in [0.1, 0.15) is 71.1 Å². The molecule has 2 nitrogen and oxygen atoms in total. The Morgan fingerprint density at radius 2 is 1.37 bits per heavy atom. The molecule has 0 unspecified atom stereocenters. The van der Waals surface area contributed by atoms with E-state index >= 15 is 0 Å². The van der Waals surface area contributed by atoms with Crippen molar-refractivity contribution >= 4 is 0 Å². The van der Waals surface area contributed by atoms with Crippen LogP contribution < -0.4 is 12.4 Å². The summed E-state index contributed by atoms with van der Waals surface area (Å²) in [6.07, 6.45) is 13.4. The summed E-state index contributed by atoms with van der Waals surface area (Å²) in [7, 11) is 0. The number of hydrogen-bond donors (Lipinski definition) is 1. The lowest BCUT2D eigenvalue weighted by molar-refractivity contribution is -0.932. The monoisotopic (exact) mass is 291 g/mol. The second-order valence-electron chi connectivity index (χ2n) is 6.14. The van der Waals surface area contributed by atoms with E-state index in [4.69, 9.17) is 5.11 Å². The van der Waals surface area contributed by atoms with Crippen LogP contribution in [0.5, 0.6) is 0 Å². The highest BCUT2D eigenvalue weighted by molar-refractivity contribution is 4.55. The predicted octanol–water partition coefficient (Wildman–Crippen LogP) is 0.734. The summed E-state index contributed by atoms with van der Waals surface area (Å²) in [5.41, 5.74) is 0. The molecule has 0 amide bonds. The average Bonchev–Trinajstić information content (AvgIpc) is 2.39. The van der Waals surface area contributed by atoms with Crippen LogP contribution in [-0.2, 0) is 0 Å². The number of aliphatic hydroxyl groups is 1. The molecule has 0 bridgehead atoms. The lowest BCUT2D eigenvalue weighted by Crippen LogP contribution is -3.00. The lowest BCUT2D eigenvalue weighted by atomic mass is 10.0.